The number of carbonyl (C=O) groups is 2. The standard InChI is InChI=1S/C27H27ClN4O3/c1-3-18-13-15-30(16-14-18)24-23(25(33)31(27(24)35)20-7-5-4-6-8-20)22-17(2)29-32(26(22)34)21-11-9-19(28)10-12-21/h9-16,20H,3-8H2,1-2H3/p+1. The second-order valence-electron chi connectivity index (χ2n) is 9.19. The van der Waals surface area contributed by atoms with Crippen LogP contribution in [0, 0.1) is 6.92 Å². The van der Waals surface area contributed by atoms with Crippen LogP contribution in [0.5, 0.6) is 0 Å². The van der Waals surface area contributed by atoms with Crippen LogP contribution in [0.1, 0.15) is 55.8 Å². The molecule has 1 N–H and O–H groups in total. The molecular formula is C27H28ClN4O3+. The number of rotatable bonds is 5. The number of aromatic amines is 1. The number of hydrogen-bond acceptors (Lipinski definition) is 3. The SMILES string of the molecule is CCc1cc[n+](C2=C(c3c(C)[nH]n(-c4ccc(Cl)cc4)c3=O)C(=O)N(C3CCCCC3)C2=O)cc1. The molecule has 35 heavy (non-hydrogen) atoms. The van der Waals surface area contributed by atoms with Crippen molar-refractivity contribution in [2.45, 2.75) is 58.4 Å². The van der Waals surface area contributed by atoms with Gasteiger partial charge in [-0.15, -0.1) is 0 Å². The van der Waals surface area contributed by atoms with Gasteiger partial charge < -0.3 is 0 Å². The van der Waals surface area contributed by atoms with E-state index in [0.29, 0.717) is 16.4 Å². The molecule has 1 fully saturated rings. The van der Waals surface area contributed by atoms with E-state index in [2.05, 4.69) is 12.0 Å². The number of H-pyrrole nitrogens is 1. The number of aromatic nitrogens is 3. The Morgan fingerprint density at radius 2 is 1.63 bits per heavy atom. The molecule has 8 heteroatoms. The molecule has 0 spiro atoms. The molecule has 3 aromatic rings. The van der Waals surface area contributed by atoms with Gasteiger partial charge in [0, 0.05) is 28.9 Å². The number of imide groups is 1. The number of aryl methyl sites for hydroxylation is 2. The zero-order valence-electron chi connectivity index (χ0n) is 19.9. The van der Waals surface area contributed by atoms with Crippen LogP contribution in [0.4, 0.5) is 0 Å². The monoisotopic (exact) mass is 491 g/mol. The summed E-state index contributed by atoms with van der Waals surface area (Å²) in [5.74, 6) is -0.740. The van der Waals surface area contributed by atoms with Gasteiger partial charge >= 0.3 is 5.91 Å². The van der Waals surface area contributed by atoms with Crippen molar-refractivity contribution in [1.29, 1.82) is 0 Å². The number of nitrogens with one attached hydrogen (secondary N) is 1. The first-order valence-electron chi connectivity index (χ1n) is 12.1. The predicted molar refractivity (Wildman–Crippen MR) is 134 cm³/mol. The van der Waals surface area contributed by atoms with Gasteiger partial charge in [0.1, 0.15) is 5.57 Å². The van der Waals surface area contributed by atoms with Gasteiger partial charge in [-0.25, -0.2) is 4.68 Å². The van der Waals surface area contributed by atoms with Crippen molar-refractivity contribution in [3.05, 3.63) is 81.0 Å². The summed E-state index contributed by atoms with van der Waals surface area (Å²) in [7, 11) is 0. The fraction of sp³-hybridized carbons (Fsp3) is 0.333. The van der Waals surface area contributed by atoms with Gasteiger partial charge in [0.2, 0.25) is 0 Å². The van der Waals surface area contributed by atoms with Crippen LogP contribution in [0.3, 0.4) is 0 Å². The van der Waals surface area contributed by atoms with E-state index >= 15 is 0 Å². The van der Waals surface area contributed by atoms with Crippen LogP contribution in [0.15, 0.2) is 53.6 Å². The number of halogens is 1. The minimum atomic E-state index is -0.397. The molecule has 1 aromatic carbocycles. The lowest BCUT2D eigenvalue weighted by Crippen LogP contribution is -2.45. The first-order valence-corrected chi connectivity index (χ1v) is 12.5. The molecule has 0 saturated heterocycles. The maximum Gasteiger partial charge on any atom is 0.327 e. The molecule has 2 aliphatic rings. The number of amides is 2. The van der Waals surface area contributed by atoms with Gasteiger partial charge in [0.15, 0.2) is 12.4 Å². The molecule has 7 nitrogen and oxygen atoms in total. The van der Waals surface area contributed by atoms with Crippen LogP contribution >= 0.6 is 11.6 Å². The highest BCUT2D eigenvalue weighted by Gasteiger charge is 2.49. The smallest absolute Gasteiger partial charge is 0.295 e. The molecule has 0 radical (unpaired) electrons. The molecule has 0 unspecified atom stereocenters. The highest BCUT2D eigenvalue weighted by Crippen LogP contribution is 2.34. The van der Waals surface area contributed by atoms with E-state index in [9.17, 15) is 14.4 Å². The minimum absolute atomic E-state index is 0.149. The first-order chi connectivity index (χ1) is 16.9. The molecule has 3 heterocycles. The molecular weight excluding hydrogens is 464 g/mol. The van der Waals surface area contributed by atoms with Crippen LogP contribution in [0.25, 0.3) is 17.0 Å². The summed E-state index contributed by atoms with van der Waals surface area (Å²) in [5.41, 5.74) is 2.46. The van der Waals surface area contributed by atoms with E-state index in [1.54, 1.807) is 48.1 Å². The van der Waals surface area contributed by atoms with E-state index in [1.165, 1.54) is 9.58 Å². The average molecular weight is 492 g/mol. The summed E-state index contributed by atoms with van der Waals surface area (Å²) in [5, 5.41) is 3.64. The number of pyridine rings is 1. The Kier molecular flexibility index (Phi) is 6.19. The molecule has 1 aliphatic carbocycles. The summed E-state index contributed by atoms with van der Waals surface area (Å²) in [6, 6.07) is 10.6. The molecule has 0 bridgehead atoms. The lowest BCUT2D eigenvalue weighted by atomic mass is 9.94. The van der Waals surface area contributed by atoms with Crippen LogP contribution in [-0.4, -0.2) is 32.5 Å². The molecule has 180 valence electrons. The molecule has 5 rings (SSSR count). The van der Waals surface area contributed by atoms with Gasteiger partial charge in [-0.1, -0.05) is 37.8 Å². The lowest BCUT2D eigenvalue weighted by Gasteiger charge is -2.29. The fourth-order valence-electron chi connectivity index (χ4n) is 5.13. The Morgan fingerprint density at radius 1 is 0.971 bits per heavy atom. The van der Waals surface area contributed by atoms with Crippen molar-refractivity contribution in [3.8, 4) is 5.69 Å². The fourth-order valence-corrected chi connectivity index (χ4v) is 5.25. The lowest BCUT2D eigenvalue weighted by molar-refractivity contribution is -0.577. The average Bonchev–Trinajstić information content (AvgIpc) is 3.30. The normalized spacial score (nSPS) is 17.1. The summed E-state index contributed by atoms with van der Waals surface area (Å²) in [6.07, 6.45) is 9.10. The molecule has 1 aliphatic heterocycles. The minimum Gasteiger partial charge on any atom is -0.295 e. The largest absolute Gasteiger partial charge is 0.327 e. The van der Waals surface area contributed by atoms with Gasteiger partial charge in [-0.3, -0.25) is 24.4 Å². The van der Waals surface area contributed by atoms with E-state index < -0.39 is 5.91 Å². The molecule has 2 aromatic heterocycles. The Balaban J connectivity index is 1.69. The summed E-state index contributed by atoms with van der Waals surface area (Å²) < 4.78 is 3.06. The van der Waals surface area contributed by atoms with E-state index in [1.807, 2.05) is 12.1 Å². The van der Waals surface area contributed by atoms with Gasteiger partial charge in [-0.2, -0.15) is 4.57 Å². The van der Waals surface area contributed by atoms with Gasteiger partial charge in [-0.05, 0) is 56.0 Å². The summed E-state index contributed by atoms with van der Waals surface area (Å²) >= 11 is 6.02. The zero-order chi connectivity index (χ0) is 24.7. The summed E-state index contributed by atoms with van der Waals surface area (Å²) in [6.45, 7) is 3.81. The van der Waals surface area contributed by atoms with Crippen molar-refractivity contribution in [2.75, 3.05) is 0 Å². The van der Waals surface area contributed by atoms with Crippen LogP contribution in [0.2, 0.25) is 5.02 Å². The molecule has 2 amide bonds. The maximum atomic E-state index is 13.9. The van der Waals surface area contributed by atoms with Crippen molar-refractivity contribution in [1.82, 2.24) is 14.7 Å². The second-order valence-corrected chi connectivity index (χ2v) is 9.63. The summed E-state index contributed by atoms with van der Waals surface area (Å²) in [4.78, 5) is 42.7. The topological polar surface area (TPSA) is 79.1 Å². The van der Waals surface area contributed by atoms with E-state index in [0.717, 1.165) is 44.1 Å². The maximum absolute atomic E-state index is 13.9. The highest BCUT2D eigenvalue weighted by molar-refractivity contribution is 6.44. The Bertz CT molecular complexity index is 1380. The third-order valence-corrected chi connectivity index (χ3v) is 7.25. The first kappa shape index (κ1) is 23.3. The number of benzene rings is 1. The van der Waals surface area contributed by atoms with Gasteiger partial charge in [0.25, 0.3) is 17.2 Å². The Morgan fingerprint density at radius 3 is 2.26 bits per heavy atom. The van der Waals surface area contributed by atoms with Crippen molar-refractivity contribution < 1.29 is 14.2 Å². The number of nitrogens with zero attached hydrogens (tertiary/aromatic N) is 3. The highest BCUT2D eigenvalue weighted by atomic mass is 35.5. The van der Waals surface area contributed by atoms with Crippen LogP contribution < -0.4 is 10.1 Å². The van der Waals surface area contributed by atoms with E-state index in [-0.39, 0.29) is 34.3 Å². The quantitative estimate of drug-likeness (QED) is 0.432. The molecule has 1 saturated carbocycles. The predicted octanol–water partition coefficient (Wildman–Crippen LogP) is 4.05. The van der Waals surface area contributed by atoms with E-state index in [4.69, 9.17) is 11.6 Å². The zero-order valence-corrected chi connectivity index (χ0v) is 20.6. The third-order valence-electron chi connectivity index (χ3n) is 7.00. The Hall–Kier alpha value is -3.45. The second kappa shape index (κ2) is 9.30. The van der Waals surface area contributed by atoms with Crippen LogP contribution in [-0.2, 0) is 16.0 Å². The van der Waals surface area contributed by atoms with Crippen molar-refractivity contribution in [3.63, 3.8) is 0 Å². The number of hydrogen-bond donors (Lipinski definition) is 1. The number of carbonyl (C=O) groups excluding carboxylic acids is 2. The van der Waals surface area contributed by atoms with Crippen molar-refractivity contribution in [2.24, 2.45) is 0 Å². The van der Waals surface area contributed by atoms with Crippen molar-refractivity contribution >= 4 is 34.7 Å². The van der Waals surface area contributed by atoms with Gasteiger partial charge in [0.05, 0.1) is 11.3 Å². The molecule has 0 atom stereocenters. The third kappa shape index (κ3) is 4.04. The Labute approximate surface area is 208 Å².